The zero-order valence-corrected chi connectivity index (χ0v) is 20.6. The van der Waals surface area contributed by atoms with Crippen molar-refractivity contribution in [1.82, 2.24) is 9.47 Å². The molecule has 0 bridgehead atoms. The molecule has 8 heteroatoms. The molecule has 0 radical (unpaired) electrons. The van der Waals surface area contributed by atoms with Gasteiger partial charge < -0.3 is 18.9 Å². The van der Waals surface area contributed by atoms with E-state index in [-0.39, 0.29) is 17.6 Å². The van der Waals surface area contributed by atoms with Crippen LogP contribution in [0.2, 0.25) is 10.0 Å². The minimum absolute atomic E-state index is 0.0280. The monoisotopic (exact) mass is 488 g/mol. The zero-order valence-electron chi connectivity index (χ0n) is 19.1. The second-order valence-electron chi connectivity index (χ2n) is 8.35. The molecule has 3 heterocycles. The lowest BCUT2D eigenvalue weighted by Gasteiger charge is -2.21. The number of carbonyl (C=O) groups excluding carboxylic acids is 2. The molecule has 2 aliphatic heterocycles. The number of allylic oxidation sites excluding steroid dienone is 1. The molecule has 6 nitrogen and oxygen atoms in total. The predicted molar refractivity (Wildman–Crippen MR) is 129 cm³/mol. The number of halogens is 2. The number of benzene rings is 1. The van der Waals surface area contributed by atoms with Crippen molar-refractivity contribution in [3.8, 4) is 5.69 Å². The summed E-state index contributed by atoms with van der Waals surface area (Å²) >= 11 is 12.4. The Morgan fingerprint density at radius 1 is 1.18 bits per heavy atom. The number of hydrogen-bond donors (Lipinski definition) is 0. The minimum atomic E-state index is -0.530. The maximum atomic E-state index is 13.4. The molecule has 1 aromatic heterocycles. The van der Waals surface area contributed by atoms with E-state index < -0.39 is 5.97 Å². The van der Waals surface area contributed by atoms with Gasteiger partial charge in [0.2, 0.25) is 0 Å². The maximum Gasteiger partial charge on any atom is 0.340 e. The Bertz CT molecular complexity index is 1170. The van der Waals surface area contributed by atoms with Crippen LogP contribution in [0, 0.1) is 13.8 Å². The van der Waals surface area contributed by atoms with Crippen molar-refractivity contribution in [1.29, 1.82) is 0 Å². The molecular weight excluding hydrogens is 463 g/mol. The number of ether oxygens (including phenoxy) is 2. The van der Waals surface area contributed by atoms with E-state index in [1.54, 1.807) is 24.0 Å². The second kappa shape index (κ2) is 9.37. The molecule has 2 aliphatic rings. The normalized spacial score (nSPS) is 19.8. The summed E-state index contributed by atoms with van der Waals surface area (Å²) in [5.41, 5.74) is 4.68. The highest BCUT2D eigenvalue weighted by Crippen LogP contribution is 2.34. The number of methoxy groups -OCH3 is 1. The summed E-state index contributed by atoms with van der Waals surface area (Å²) in [7, 11) is 1.32. The van der Waals surface area contributed by atoms with Crippen LogP contribution in [-0.4, -0.2) is 47.7 Å². The number of nitrogens with zero attached hydrogens (tertiary/aromatic N) is 2. The Morgan fingerprint density at radius 2 is 1.88 bits per heavy atom. The van der Waals surface area contributed by atoms with Crippen LogP contribution in [0.25, 0.3) is 11.8 Å². The zero-order chi connectivity index (χ0) is 23.9. The second-order valence-corrected chi connectivity index (χ2v) is 9.22. The van der Waals surface area contributed by atoms with Gasteiger partial charge in [-0.05, 0) is 69.5 Å². The summed E-state index contributed by atoms with van der Waals surface area (Å²) in [6.07, 6.45) is 3.60. The van der Waals surface area contributed by atoms with E-state index in [0.717, 1.165) is 35.5 Å². The van der Waals surface area contributed by atoms with Crippen molar-refractivity contribution < 1.29 is 19.1 Å². The third kappa shape index (κ3) is 4.47. The summed E-state index contributed by atoms with van der Waals surface area (Å²) in [6.45, 7) is 6.81. The molecule has 174 valence electrons. The van der Waals surface area contributed by atoms with Gasteiger partial charge in [-0.3, -0.25) is 4.79 Å². The number of esters is 1. The van der Waals surface area contributed by atoms with Gasteiger partial charge in [0, 0.05) is 39.4 Å². The first-order valence-corrected chi connectivity index (χ1v) is 11.6. The van der Waals surface area contributed by atoms with Gasteiger partial charge in [0.25, 0.3) is 5.91 Å². The van der Waals surface area contributed by atoms with Gasteiger partial charge in [-0.15, -0.1) is 0 Å². The third-order valence-corrected chi connectivity index (χ3v) is 6.62. The highest BCUT2D eigenvalue weighted by atomic mass is 35.5. The molecule has 33 heavy (non-hydrogen) atoms. The van der Waals surface area contributed by atoms with Gasteiger partial charge in [0.05, 0.1) is 30.9 Å². The van der Waals surface area contributed by atoms with Crippen molar-refractivity contribution >= 4 is 41.2 Å². The Balaban J connectivity index is 1.77. The van der Waals surface area contributed by atoms with Crippen molar-refractivity contribution in [3.05, 3.63) is 68.1 Å². The SMILES string of the molecule is COC(=O)C1=C(C)N(C[C@@H]2CCCO2)C(=O)/C1=C/c1cc(C)n(-c2cc(Cl)cc(Cl)c2)c1C. The van der Waals surface area contributed by atoms with E-state index in [2.05, 4.69) is 0 Å². The predicted octanol–water partition coefficient (Wildman–Crippen LogP) is 5.25. The van der Waals surface area contributed by atoms with Gasteiger partial charge >= 0.3 is 5.97 Å². The Morgan fingerprint density at radius 3 is 2.48 bits per heavy atom. The number of amides is 1. The summed E-state index contributed by atoms with van der Waals surface area (Å²) in [6, 6.07) is 7.31. The van der Waals surface area contributed by atoms with Crippen molar-refractivity contribution in [3.63, 3.8) is 0 Å². The van der Waals surface area contributed by atoms with Crippen LogP contribution in [0.1, 0.15) is 36.7 Å². The Labute approximate surface area is 203 Å². The largest absolute Gasteiger partial charge is 0.465 e. The van der Waals surface area contributed by atoms with E-state index in [9.17, 15) is 9.59 Å². The van der Waals surface area contributed by atoms with Crippen LogP contribution in [0.15, 0.2) is 41.1 Å². The number of carbonyl (C=O) groups is 2. The molecule has 0 N–H and O–H groups in total. The number of aryl methyl sites for hydroxylation is 1. The molecule has 1 amide bonds. The molecule has 1 fully saturated rings. The first-order chi connectivity index (χ1) is 15.7. The van der Waals surface area contributed by atoms with E-state index >= 15 is 0 Å². The average molecular weight is 489 g/mol. The molecule has 2 aromatic rings. The standard InChI is InChI=1S/C25H26Cl2N2O4/c1-14-8-17(15(2)29(14)20-11-18(26)10-19(27)12-20)9-22-23(25(31)32-4)16(3)28(24(22)30)13-21-6-5-7-33-21/h8-12,21H,5-7,13H2,1-4H3/b22-9+/t21-/m0/s1. The van der Waals surface area contributed by atoms with Gasteiger partial charge in [-0.2, -0.15) is 0 Å². The molecule has 1 aromatic carbocycles. The molecule has 4 rings (SSSR count). The first kappa shape index (κ1) is 23.6. The molecule has 1 atom stereocenters. The molecule has 0 aliphatic carbocycles. The highest BCUT2D eigenvalue weighted by molar-refractivity contribution is 6.34. The topological polar surface area (TPSA) is 60.8 Å². The lowest BCUT2D eigenvalue weighted by molar-refractivity contribution is -0.136. The van der Waals surface area contributed by atoms with Crippen LogP contribution in [-0.2, 0) is 19.1 Å². The fourth-order valence-corrected chi connectivity index (χ4v) is 5.11. The molecule has 0 unspecified atom stereocenters. The fraction of sp³-hybridized carbons (Fsp3) is 0.360. The molecule has 0 saturated carbocycles. The van der Waals surface area contributed by atoms with Crippen LogP contribution in [0.5, 0.6) is 0 Å². The summed E-state index contributed by atoms with van der Waals surface area (Å²) in [5.74, 6) is -0.753. The Kier molecular flexibility index (Phi) is 6.71. The van der Waals surface area contributed by atoms with Crippen LogP contribution in [0.3, 0.4) is 0 Å². The maximum absolute atomic E-state index is 13.4. The average Bonchev–Trinajstić information content (AvgIpc) is 3.42. The van der Waals surface area contributed by atoms with Crippen LogP contribution in [0.4, 0.5) is 0 Å². The third-order valence-electron chi connectivity index (χ3n) is 6.19. The van der Waals surface area contributed by atoms with Crippen molar-refractivity contribution in [2.75, 3.05) is 20.3 Å². The van der Waals surface area contributed by atoms with Crippen LogP contribution < -0.4 is 0 Å². The summed E-state index contributed by atoms with van der Waals surface area (Å²) in [4.78, 5) is 27.7. The van der Waals surface area contributed by atoms with E-state index in [0.29, 0.717) is 34.5 Å². The summed E-state index contributed by atoms with van der Waals surface area (Å²) < 4.78 is 12.7. The molecule has 1 saturated heterocycles. The van der Waals surface area contributed by atoms with Gasteiger partial charge in [0.1, 0.15) is 0 Å². The van der Waals surface area contributed by atoms with Gasteiger partial charge in [-0.1, -0.05) is 23.2 Å². The lowest BCUT2D eigenvalue weighted by atomic mass is 10.0. The van der Waals surface area contributed by atoms with Gasteiger partial charge in [0.15, 0.2) is 0 Å². The summed E-state index contributed by atoms with van der Waals surface area (Å²) in [5, 5.41) is 1.07. The van der Waals surface area contributed by atoms with E-state index in [1.165, 1.54) is 7.11 Å². The van der Waals surface area contributed by atoms with E-state index in [1.807, 2.05) is 36.6 Å². The highest BCUT2D eigenvalue weighted by Gasteiger charge is 2.38. The smallest absolute Gasteiger partial charge is 0.340 e. The fourth-order valence-electron chi connectivity index (χ4n) is 4.59. The first-order valence-electron chi connectivity index (χ1n) is 10.8. The van der Waals surface area contributed by atoms with E-state index in [4.69, 9.17) is 32.7 Å². The van der Waals surface area contributed by atoms with Crippen molar-refractivity contribution in [2.24, 2.45) is 0 Å². The quantitative estimate of drug-likeness (QED) is 0.425. The number of hydrogen-bond acceptors (Lipinski definition) is 4. The number of aromatic nitrogens is 1. The Hall–Kier alpha value is -2.54. The van der Waals surface area contributed by atoms with Crippen molar-refractivity contribution in [2.45, 2.75) is 39.7 Å². The number of rotatable bonds is 5. The lowest BCUT2D eigenvalue weighted by Crippen LogP contribution is -2.33. The molecule has 0 spiro atoms. The van der Waals surface area contributed by atoms with Crippen LogP contribution >= 0.6 is 23.2 Å². The van der Waals surface area contributed by atoms with Gasteiger partial charge in [-0.25, -0.2) is 4.79 Å². The molecular formula is C25H26Cl2N2O4. The minimum Gasteiger partial charge on any atom is -0.465 e.